The smallest absolute Gasteiger partial charge is 0.227 e. The number of hydrogen-bond donors (Lipinski definition) is 0. The number of carbonyl (C=O) groups excluding carboxylic acids is 1. The van der Waals surface area contributed by atoms with Crippen LogP contribution in [0.3, 0.4) is 0 Å². The fraction of sp³-hybridized carbons (Fsp3) is 0.650. The van der Waals surface area contributed by atoms with Crippen molar-refractivity contribution in [1.29, 1.82) is 0 Å². The van der Waals surface area contributed by atoms with Gasteiger partial charge in [0.05, 0.1) is 31.5 Å². The summed E-state index contributed by atoms with van der Waals surface area (Å²) in [5.74, 6) is -0.538. The van der Waals surface area contributed by atoms with Gasteiger partial charge in [-0.3, -0.25) is 4.79 Å². The Morgan fingerprint density at radius 3 is 2.62 bits per heavy atom. The molecule has 7 nitrogen and oxygen atoms in total. The van der Waals surface area contributed by atoms with Crippen LogP contribution in [0.2, 0.25) is 0 Å². The van der Waals surface area contributed by atoms with Gasteiger partial charge in [-0.2, -0.15) is 0 Å². The number of sulfonamides is 1. The summed E-state index contributed by atoms with van der Waals surface area (Å²) >= 11 is 0. The van der Waals surface area contributed by atoms with Crippen molar-refractivity contribution in [2.45, 2.75) is 25.9 Å². The molecule has 29 heavy (non-hydrogen) atoms. The van der Waals surface area contributed by atoms with Gasteiger partial charge in [0.15, 0.2) is 0 Å². The monoisotopic (exact) mass is 428 g/mol. The molecule has 1 unspecified atom stereocenters. The minimum atomic E-state index is -3.42. The van der Waals surface area contributed by atoms with Gasteiger partial charge in [0.25, 0.3) is 0 Å². The third kappa shape index (κ3) is 6.47. The molecule has 1 amide bonds. The van der Waals surface area contributed by atoms with Gasteiger partial charge < -0.3 is 14.4 Å². The van der Waals surface area contributed by atoms with E-state index in [1.54, 1.807) is 17.0 Å². The summed E-state index contributed by atoms with van der Waals surface area (Å²) in [6, 6.07) is 6.03. The highest BCUT2D eigenvalue weighted by molar-refractivity contribution is 7.89. The van der Waals surface area contributed by atoms with E-state index in [0.29, 0.717) is 58.9 Å². The number of nitrogens with zero attached hydrogens (tertiary/aromatic N) is 2. The van der Waals surface area contributed by atoms with Gasteiger partial charge in [-0.15, -0.1) is 0 Å². The van der Waals surface area contributed by atoms with E-state index in [2.05, 4.69) is 0 Å². The SMILES string of the molecule is O=C(C1CCCN(S(=O)(=O)CCCOCc2ccc(F)cc2)C1)N1CCOCC1. The lowest BCUT2D eigenvalue weighted by atomic mass is 9.98. The molecule has 2 aliphatic heterocycles. The largest absolute Gasteiger partial charge is 0.378 e. The minimum absolute atomic E-state index is 0.00508. The number of rotatable bonds is 8. The quantitative estimate of drug-likeness (QED) is 0.589. The highest BCUT2D eigenvalue weighted by atomic mass is 32.2. The molecule has 3 rings (SSSR count). The lowest BCUT2D eigenvalue weighted by Gasteiger charge is -2.35. The fourth-order valence-electron chi connectivity index (χ4n) is 3.68. The van der Waals surface area contributed by atoms with Crippen LogP contribution >= 0.6 is 0 Å². The normalized spacial score (nSPS) is 21.3. The molecular weight excluding hydrogens is 399 g/mol. The summed E-state index contributed by atoms with van der Waals surface area (Å²) in [5, 5.41) is 0. The molecule has 1 atom stereocenters. The first-order chi connectivity index (χ1) is 14.0. The summed E-state index contributed by atoms with van der Waals surface area (Å²) in [6.07, 6.45) is 1.80. The van der Waals surface area contributed by atoms with Gasteiger partial charge in [-0.1, -0.05) is 12.1 Å². The van der Waals surface area contributed by atoms with Gasteiger partial charge in [0, 0.05) is 32.8 Å². The van der Waals surface area contributed by atoms with Crippen LogP contribution < -0.4 is 0 Å². The van der Waals surface area contributed by atoms with Gasteiger partial charge in [0.1, 0.15) is 5.82 Å². The Labute approximate surface area is 171 Å². The van der Waals surface area contributed by atoms with Crippen molar-refractivity contribution in [3.63, 3.8) is 0 Å². The molecule has 0 aromatic heterocycles. The molecular formula is C20H29FN2O5S. The maximum absolute atomic E-state index is 12.9. The standard InChI is InChI=1S/C20H29FN2O5S/c21-19-6-4-17(5-7-19)16-28-11-2-14-29(25,26)23-8-1-3-18(15-23)20(24)22-9-12-27-13-10-22/h4-7,18H,1-3,8-16H2. The minimum Gasteiger partial charge on any atom is -0.378 e. The average molecular weight is 429 g/mol. The molecule has 2 aliphatic rings. The number of benzene rings is 1. The van der Waals surface area contributed by atoms with Crippen LogP contribution in [0.5, 0.6) is 0 Å². The highest BCUT2D eigenvalue weighted by Crippen LogP contribution is 2.22. The van der Waals surface area contributed by atoms with Gasteiger partial charge >= 0.3 is 0 Å². The van der Waals surface area contributed by atoms with E-state index in [0.717, 1.165) is 12.0 Å². The van der Waals surface area contributed by atoms with Crippen molar-refractivity contribution >= 4 is 15.9 Å². The molecule has 0 radical (unpaired) electrons. The zero-order chi connectivity index (χ0) is 20.7. The fourth-order valence-corrected chi connectivity index (χ4v) is 5.24. The number of ether oxygens (including phenoxy) is 2. The Morgan fingerprint density at radius 2 is 1.90 bits per heavy atom. The molecule has 1 aromatic carbocycles. The van der Waals surface area contributed by atoms with E-state index in [1.165, 1.54) is 16.4 Å². The highest BCUT2D eigenvalue weighted by Gasteiger charge is 2.34. The molecule has 9 heteroatoms. The van der Waals surface area contributed by atoms with E-state index in [9.17, 15) is 17.6 Å². The van der Waals surface area contributed by atoms with Crippen LogP contribution in [0, 0.1) is 11.7 Å². The molecule has 0 saturated carbocycles. The van der Waals surface area contributed by atoms with Crippen LogP contribution in [0.1, 0.15) is 24.8 Å². The Hall–Kier alpha value is -1.55. The van der Waals surface area contributed by atoms with Crippen LogP contribution in [0.15, 0.2) is 24.3 Å². The summed E-state index contributed by atoms with van der Waals surface area (Å²) < 4.78 is 50.5. The molecule has 162 valence electrons. The summed E-state index contributed by atoms with van der Waals surface area (Å²) in [4.78, 5) is 14.5. The molecule has 0 N–H and O–H groups in total. The van der Waals surface area contributed by atoms with Crippen LogP contribution in [-0.4, -0.2) is 75.3 Å². The zero-order valence-electron chi connectivity index (χ0n) is 16.6. The lowest BCUT2D eigenvalue weighted by Crippen LogP contribution is -2.49. The van der Waals surface area contributed by atoms with Gasteiger partial charge in [-0.05, 0) is 37.0 Å². The Balaban J connectivity index is 1.42. The van der Waals surface area contributed by atoms with Crippen molar-refractivity contribution in [3.8, 4) is 0 Å². The van der Waals surface area contributed by atoms with Gasteiger partial charge in [0.2, 0.25) is 15.9 Å². The van der Waals surface area contributed by atoms with Crippen molar-refractivity contribution in [2.24, 2.45) is 5.92 Å². The topological polar surface area (TPSA) is 76.2 Å². The lowest BCUT2D eigenvalue weighted by molar-refractivity contribution is -0.140. The van der Waals surface area contributed by atoms with Crippen molar-refractivity contribution < 1.29 is 27.1 Å². The number of amides is 1. The second-order valence-electron chi connectivity index (χ2n) is 7.48. The van der Waals surface area contributed by atoms with E-state index < -0.39 is 10.0 Å². The summed E-state index contributed by atoms with van der Waals surface area (Å²) in [7, 11) is -3.42. The maximum Gasteiger partial charge on any atom is 0.227 e. The summed E-state index contributed by atoms with van der Waals surface area (Å²) in [6.45, 7) is 3.58. The molecule has 2 heterocycles. The molecule has 0 aliphatic carbocycles. The number of halogens is 1. The molecule has 0 spiro atoms. The molecule has 2 saturated heterocycles. The van der Waals surface area contributed by atoms with E-state index >= 15 is 0 Å². The first-order valence-corrected chi connectivity index (χ1v) is 11.7. The maximum atomic E-state index is 12.9. The number of hydrogen-bond acceptors (Lipinski definition) is 5. The van der Waals surface area contributed by atoms with Crippen LogP contribution in [-0.2, 0) is 30.9 Å². The van der Waals surface area contributed by atoms with Crippen molar-refractivity contribution in [3.05, 3.63) is 35.6 Å². The van der Waals surface area contributed by atoms with Crippen molar-refractivity contribution in [2.75, 3.05) is 51.8 Å². The molecule has 2 fully saturated rings. The first-order valence-electron chi connectivity index (χ1n) is 10.1. The van der Waals surface area contributed by atoms with Crippen molar-refractivity contribution in [1.82, 2.24) is 9.21 Å². The Morgan fingerprint density at radius 1 is 1.17 bits per heavy atom. The Bertz CT molecular complexity index is 766. The number of morpholine rings is 1. The Kier molecular flexibility index (Phi) is 7.99. The summed E-state index contributed by atoms with van der Waals surface area (Å²) in [5.41, 5.74) is 0.842. The van der Waals surface area contributed by atoms with E-state index in [4.69, 9.17) is 9.47 Å². The zero-order valence-corrected chi connectivity index (χ0v) is 17.4. The second kappa shape index (κ2) is 10.5. The third-order valence-corrected chi connectivity index (χ3v) is 7.25. The number of piperidine rings is 1. The van der Waals surface area contributed by atoms with Crippen LogP contribution in [0.25, 0.3) is 0 Å². The van der Waals surface area contributed by atoms with Gasteiger partial charge in [-0.25, -0.2) is 17.1 Å². The second-order valence-corrected chi connectivity index (χ2v) is 9.57. The third-order valence-electron chi connectivity index (χ3n) is 5.32. The van der Waals surface area contributed by atoms with E-state index in [-0.39, 0.29) is 29.9 Å². The predicted molar refractivity (Wildman–Crippen MR) is 106 cm³/mol. The first kappa shape index (κ1) is 22.1. The average Bonchev–Trinajstić information content (AvgIpc) is 2.75. The molecule has 0 bridgehead atoms. The molecule has 1 aromatic rings. The predicted octanol–water partition coefficient (Wildman–Crippen LogP) is 1.63. The van der Waals surface area contributed by atoms with E-state index in [1.807, 2.05) is 0 Å². The number of carbonyl (C=O) groups is 1. The van der Waals surface area contributed by atoms with Crippen LogP contribution in [0.4, 0.5) is 4.39 Å².